The molecule has 1 aliphatic rings. The van der Waals surface area contributed by atoms with Crippen LogP contribution in [0.15, 0.2) is 30.3 Å². The molecule has 0 unspecified atom stereocenters. The van der Waals surface area contributed by atoms with Crippen molar-refractivity contribution in [1.82, 2.24) is 16.0 Å². The number of nitrogens with one attached hydrogen (secondary N) is 3. The minimum atomic E-state index is -0.481. The quantitative estimate of drug-likeness (QED) is 0.621. The molecule has 0 spiro atoms. The van der Waals surface area contributed by atoms with Crippen LogP contribution in [0.3, 0.4) is 0 Å². The molecule has 1 saturated carbocycles. The van der Waals surface area contributed by atoms with Crippen LogP contribution in [0.4, 0.5) is 9.59 Å². The van der Waals surface area contributed by atoms with Gasteiger partial charge in [-0.05, 0) is 52.0 Å². The van der Waals surface area contributed by atoms with E-state index < -0.39 is 11.7 Å². The van der Waals surface area contributed by atoms with E-state index in [0.717, 1.165) is 31.2 Å². The van der Waals surface area contributed by atoms with E-state index in [1.54, 1.807) is 0 Å². The molecule has 1 aromatic carbocycles. The van der Waals surface area contributed by atoms with E-state index in [1.807, 2.05) is 51.1 Å². The molecule has 0 aromatic heterocycles. The predicted molar refractivity (Wildman–Crippen MR) is 108 cm³/mol. The van der Waals surface area contributed by atoms with Gasteiger partial charge in [-0.15, -0.1) is 0 Å². The van der Waals surface area contributed by atoms with Gasteiger partial charge in [0.1, 0.15) is 12.2 Å². The highest BCUT2D eigenvalue weighted by atomic mass is 16.6. The van der Waals surface area contributed by atoms with Crippen LogP contribution in [-0.4, -0.2) is 43.0 Å². The molecular weight excluding hydrogens is 358 g/mol. The summed E-state index contributed by atoms with van der Waals surface area (Å²) in [6.07, 6.45) is 3.04. The van der Waals surface area contributed by atoms with Gasteiger partial charge in [-0.1, -0.05) is 30.3 Å². The van der Waals surface area contributed by atoms with Gasteiger partial charge in [0.2, 0.25) is 0 Å². The first-order valence-corrected chi connectivity index (χ1v) is 9.99. The third kappa shape index (κ3) is 9.08. The van der Waals surface area contributed by atoms with Crippen LogP contribution in [0.5, 0.6) is 0 Å². The van der Waals surface area contributed by atoms with Crippen LogP contribution < -0.4 is 16.0 Å². The molecule has 156 valence electrons. The fourth-order valence-corrected chi connectivity index (χ4v) is 3.13. The van der Waals surface area contributed by atoms with Crippen molar-refractivity contribution in [3.8, 4) is 0 Å². The number of carbonyl (C=O) groups is 2. The van der Waals surface area contributed by atoms with Crippen LogP contribution in [0.25, 0.3) is 0 Å². The lowest BCUT2D eigenvalue weighted by Crippen LogP contribution is -2.44. The van der Waals surface area contributed by atoms with E-state index in [4.69, 9.17) is 9.47 Å². The fourth-order valence-electron chi connectivity index (χ4n) is 3.13. The minimum absolute atomic E-state index is 0.154. The summed E-state index contributed by atoms with van der Waals surface area (Å²) in [5.41, 5.74) is 0.496. The molecule has 0 atom stereocenters. The summed E-state index contributed by atoms with van der Waals surface area (Å²) in [6, 6.07) is 10.2. The standard InChI is InChI=1S/C21H33N3O4/c1-21(2,3)28-19(25)23-14-13-22-17-9-11-18(12-10-17)24-20(26)27-15-16-7-5-4-6-8-16/h4-8,17-18,22H,9-15H2,1-3H3,(H,23,25)(H,24,26). The summed E-state index contributed by atoms with van der Waals surface area (Å²) in [5.74, 6) is 0. The zero-order valence-electron chi connectivity index (χ0n) is 17.1. The van der Waals surface area contributed by atoms with Gasteiger partial charge in [0.25, 0.3) is 0 Å². The number of alkyl carbamates (subject to hydrolysis) is 2. The number of rotatable bonds is 7. The number of carbonyl (C=O) groups excluding carboxylic acids is 2. The van der Waals surface area contributed by atoms with Crippen molar-refractivity contribution in [2.75, 3.05) is 13.1 Å². The number of hydrogen-bond acceptors (Lipinski definition) is 5. The molecule has 1 fully saturated rings. The molecule has 2 amide bonds. The third-order valence-corrected chi connectivity index (χ3v) is 4.49. The highest BCUT2D eigenvalue weighted by Gasteiger charge is 2.22. The van der Waals surface area contributed by atoms with E-state index in [2.05, 4.69) is 16.0 Å². The van der Waals surface area contributed by atoms with E-state index >= 15 is 0 Å². The first-order chi connectivity index (χ1) is 13.3. The summed E-state index contributed by atoms with van der Waals surface area (Å²) in [6.45, 7) is 7.03. The lowest BCUT2D eigenvalue weighted by molar-refractivity contribution is 0.0527. The van der Waals surface area contributed by atoms with E-state index in [9.17, 15) is 9.59 Å². The molecule has 1 aromatic rings. The molecule has 0 bridgehead atoms. The highest BCUT2D eigenvalue weighted by Crippen LogP contribution is 2.18. The molecule has 0 saturated heterocycles. The average Bonchev–Trinajstić information content (AvgIpc) is 2.64. The van der Waals surface area contributed by atoms with Gasteiger partial charge in [-0.3, -0.25) is 0 Å². The normalized spacial score (nSPS) is 19.5. The number of benzene rings is 1. The molecule has 0 aliphatic heterocycles. The van der Waals surface area contributed by atoms with Gasteiger partial charge < -0.3 is 25.4 Å². The highest BCUT2D eigenvalue weighted by molar-refractivity contribution is 5.68. The first-order valence-electron chi connectivity index (χ1n) is 9.99. The van der Waals surface area contributed by atoms with E-state index in [1.165, 1.54) is 0 Å². The Labute approximate surface area is 167 Å². The molecule has 7 heteroatoms. The van der Waals surface area contributed by atoms with E-state index in [-0.39, 0.29) is 18.7 Å². The lowest BCUT2D eigenvalue weighted by atomic mass is 9.91. The van der Waals surface area contributed by atoms with Gasteiger partial charge in [-0.2, -0.15) is 0 Å². The summed E-state index contributed by atoms with van der Waals surface area (Å²) in [7, 11) is 0. The third-order valence-electron chi connectivity index (χ3n) is 4.49. The van der Waals surface area contributed by atoms with Gasteiger partial charge in [-0.25, -0.2) is 9.59 Å². The Bertz CT molecular complexity index is 608. The van der Waals surface area contributed by atoms with Crippen molar-refractivity contribution < 1.29 is 19.1 Å². The van der Waals surface area contributed by atoms with Crippen molar-refractivity contribution in [2.24, 2.45) is 0 Å². The molecule has 2 rings (SSSR count). The monoisotopic (exact) mass is 391 g/mol. The molecule has 0 radical (unpaired) electrons. The maximum absolute atomic E-state index is 11.9. The molecule has 7 nitrogen and oxygen atoms in total. The summed E-state index contributed by atoms with van der Waals surface area (Å²) >= 11 is 0. The predicted octanol–water partition coefficient (Wildman–Crippen LogP) is 3.34. The molecule has 28 heavy (non-hydrogen) atoms. The van der Waals surface area contributed by atoms with Gasteiger partial charge >= 0.3 is 12.2 Å². The fraction of sp³-hybridized carbons (Fsp3) is 0.619. The average molecular weight is 392 g/mol. The van der Waals surface area contributed by atoms with Crippen LogP contribution in [0.2, 0.25) is 0 Å². The smallest absolute Gasteiger partial charge is 0.407 e. The SMILES string of the molecule is CC(C)(C)OC(=O)NCCNC1CCC(NC(=O)OCc2ccccc2)CC1. The Kier molecular flexibility index (Phi) is 8.57. The largest absolute Gasteiger partial charge is 0.445 e. The summed E-state index contributed by atoms with van der Waals surface area (Å²) < 4.78 is 10.5. The van der Waals surface area contributed by atoms with E-state index in [0.29, 0.717) is 19.1 Å². The Morgan fingerprint density at radius 2 is 1.61 bits per heavy atom. The van der Waals surface area contributed by atoms with Gasteiger partial charge in [0, 0.05) is 25.2 Å². The maximum atomic E-state index is 11.9. The Morgan fingerprint density at radius 3 is 2.25 bits per heavy atom. The van der Waals surface area contributed by atoms with Crippen molar-refractivity contribution in [2.45, 2.75) is 70.7 Å². The molecule has 1 aliphatic carbocycles. The Morgan fingerprint density at radius 1 is 0.964 bits per heavy atom. The van der Waals surface area contributed by atoms with Crippen LogP contribution in [0.1, 0.15) is 52.0 Å². The lowest BCUT2D eigenvalue weighted by Gasteiger charge is -2.29. The van der Waals surface area contributed by atoms with Crippen molar-refractivity contribution in [1.29, 1.82) is 0 Å². The second-order valence-electron chi connectivity index (χ2n) is 8.14. The second kappa shape index (κ2) is 10.9. The molecule has 3 N–H and O–H groups in total. The van der Waals surface area contributed by atoms with Crippen molar-refractivity contribution >= 4 is 12.2 Å². The van der Waals surface area contributed by atoms with Crippen molar-refractivity contribution in [3.05, 3.63) is 35.9 Å². The first kappa shape index (κ1) is 22.0. The Balaban J connectivity index is 1.53. The van der Waals surface area contributed by atoms with Crippen LogP contribution in [0, 0.1) is 0 Å². The molecule has 0 heterocycles. The van der Waals surface area contributed by atoms with Crippen LogP contribution in [-0.2, 0) is 16.1 Å². The molecular formula is C21H33N3O4. The zero-order valence-corrected chi connectivity index (χ0v) is 17.1. The van der Waals surface area contributed by atoms with Crippen molar-refractivity contribution in [3.63, 3.8) is 0 Å². The van der Waals surface area contributed by atoms with Gasteiger partial charge in [0.05, 0.1) is 0 Å². The Hall–Kier alpha value is -2.28. The minimum Gasteiger partial charge on any atom is -0.445 e. The number of hydrogen-bond donors (Lipinski definition) is 3. The summed E-state index contributed by atoms with van der Waals surface area (Å²) in [4.78, 5) is 23.5. The summed E-state index contributed by atoms with van der Waals surface area (Å²) in [5, 5.41) is 9.14. The number of amides is 2. The van der Waals surface area contributed by atoms with Gasteiger partial charge in [0.15, 0.2) is 0 Å². The number of ether oxygens (including phenoxy) is 2. The van der Waals surface area contributed by atoms with Crippen LogP contribution >= 0.6 is 0 Å². The second-order valence-corrected chi connectivity index (χ2v) is 8.14. The zero-order chi connectivity index (χ0) is 20.4. The topological polar surface area (TPSA) is 88.7 Å². The maximum Gasteiger partial charge on any atom is 0.407 e.